The number of carbonyl (C=O) groups excluding carboxylic acids is 2. The summed E-state index contributed by atoms with van der Waals surface area (Å²) in [6.07, 6.45) is 0.193. The second-order valence-corrected chi connectivity index (χ2v) is 9.09. The van der Waals surface area contributed by atoms with Gasteiger partial charge in [0.2, 0.25) is 5.91 Å². The quantitative estimate of drug-likeness (QED) is 0.562. The van der Waals surface area contributed by atoms with E-state index in [1.54, 1.807) is 18.5 Å². The molecule has 2 aromatic carbocycles. The number of aromatic nitrogens is 2. The molecule has 0 bridgehead atoms. The molecule has 2 aliphatic heterocycles. The second kappa shape index (κ2) is 9.47. The van der Waals surface area contributed by atoms with Crippen molar-refractivity contribution >= 4 is 23.2 Å². The average molecular weight is 512 g/mol. The van der Waals surface area contributed by atoms with Gasteiger partial charge in [0.1, 0.15) is 12.3 Å². The number of carbonyl (C=O) groups is 2. The fourth-order valence-electron chi connectivity index (χ4n) is 4.58. The summed E-state index contributed by atoms with van der Waals surface area (Å²) in [5.41, 5.74) is 0.616. The number of rotatable bonds is 5. The van der Waals surface area contributed by atoms with Gasteiger partial charge in [-0.15, -0.1) is 0 Å². The molecule has 37 heavy (non-hydrogen) atoms. The molecule has 0 saturated carbocycles. The maximum absolute atomic E-state index is 13.5. The first-order valence-electron chi connectivity index (χ1n) is 11.7. The van der Waals surface area contributed by atoms with Gasteiger partial charge < -0.3 is 19.5 Å². The van der Waals surface area contributed by atoms with E-state index in [1.807, 2.05) is 29.8 Å². The van der Waals surface area contributed by atoms with Crippen molar-refractivity contribution in [2.45, 2.75) is 31.6 Å². The predicted octanol–water partition coefficient (Wildman–Crippen LogP) is 3.98. The van der Waals surface area contributed by atoms with Crippen LogP contribution < -0.4 is 5.32 Å². The van der Waals surface area contributed by atoms with Crippen molar-refractivity contribution in [3.8, 4) is 5.69 Å². The van der Waals surface area contributed by atoms with Crippen molar-refractivity contribution < 1.29 is 27.5 Å². The van der Waals surface area contributed by atoms with E-state index < -0.39 is 29.2 Å². The highest BCUT2D eigenvalue weighted by Crippen LogP contribution is 2.35. The normalized spacial score (nSPS) is 19.8. The minimum atomic E-state index is -4.54. The molecule has 1 fully saturated rings. The van der Waals surface area contributed by atoms with Crippen LogP contribution in [0, 0.1) is 6.92 Å². The summed E-state index contributed by atoms with van der Waals surface area (Å²) in [6, 6.07) is 11.6. The summed E-state index contributed by atoms with van der Waals surface area (Å²) in [4.78, 5) is 36.7. The van der Waals surface area contributed by atoms with E-state index in [0.717, 1.165) is 23.5 Å². The van der Waals surface area contributed by atoms with Gasteiger partial charge in [0.05, 0.1) is 24.2 Å². The molecular weight excluding hydrogens is 487 g/mol. The Bertz CT molecular complexity index is 1360. The lowest BCUT2D eigenvalue weighted by molar-refractivity contribution is -0.137. The van der Waals surface area contributed by atoms with Gasteiger partial charge >= 0.3 is 6.18 Å². The number of anilines is 1. The topological polar surface area (TPSA) is 88.8 Å². The second-order valence-electron chi connectivity index (χ2n) is 9.09. The molecule has 5 rings (SSSR count). The van der Waals surface area contributed by atoms with Gasteiger partial charge in [-0.05, 0) is 50.1 Å². The fourth-order valence-corrected chi connectivity index (χ4v) is 4.58. The van der Waals surface area contributed by atoms with Gasteiger partial charge in [-0.2, -0.15) is 13.2 Å². The van der Waals surface area contributed by atoms with Crippen LogP contribution in [0.1, 0.15) is 29.7 Å². The average Bonchev–Trinajstić information content (AvgIpc) is 3.41. The number of nitrogens with one attached hydrogen (secondary N) is 1. The molecule has 1 unspecified atom stereocenters. The van der Waals surface area contributed by atoms with E-state index in [0.29, 0.717) is 25.0 Å². The Morgan fingerprint density at radius 1 is 1.19 bits per heavy atom. The molecule has 1 aromatic heterocycles. The highest BCUT2D eigenvalue weighted by Gasteiger charge is 2.49. The number of nitrogens with zero attached hydrogens (tertiary/aromatic N) is 4. The lowest BCUT2D eigenvalue weighted by atomic mass is 10.0. The largest absolute Gasteiger partial charge is 0.416 e. The molecule has 1 atom stereocenters. The Hall–Kier alpha value is -3.99. The molecule has 1 N–H and O–H groups in total. The van der Waals surface area contributed by atoms with E-state index in [-0.39, 0.29) is 24.6 Å². The Morgan fingerprint density at radius 3 is 2.62 bits per heavy atom. The van der Waals surface area contributed by atoms with Crippen LogP contribution in [-0.2, 0) is 20.5 Å². The van der Waals surface area contributed by atoms with Gasteiger partial charge in [0.15, 0.2) is 5.66 Å². The minimum absolute atomic E-state index is 0.00751. The Balaban J connectivity index is 1.37. The molecule has 2 amide bonds. The summed E-state index contributed by atoms with van der Waals surface area (Å²) in [7, 11) is 0. The summed E-state index contributed by atoms with van der Waals surface area (Å²) in [5.74, 6) is -1.06. The van der Waals surface area contributed by atoms with Crippen LogP contribution in [0.15, 0.2) is 66.0 Å². The number of hydrogen-bond donors (Lipinski definition) is 1. The summed E-state index contributed by atoms with van der Waals surface area (Å²) in [6.45, 7) is 2.16. The third-order valence-corrected chi connectivity index (χ3v) is 6.40. The van der Waals surface area contributed by atoms with Crippen LogP contribution in [0.25, 0.3) is 5.69 Å². The van der Waals surface area contributed by atoms with Crippen molar-refractivity contribution in [1.82, 2.24) is 14.5 Å². The molecule has 2 aliphatic rings. The van der Waals surface area contributed by atoms with Gasteiger partial charge in [0, 0.05) is 29.7 Å². The zero-order valence-corrected chi connectivity index (χ0v) is 20.0. The Morgan fingerprint density at radius 2 is 1.97 bits per heavy atom. The maximum Gasteiger partial charge on any atom is 0.416 e. The molecule has 192 valence electrons. The summed E-state index contributed by atoms with van der Waals surface area (Å²) < 4.78 is 46.6. The highest BCUT2D eigenvalue weighted by atomic mass is 19.4. The van der Waals surface area contributed by atoms with Crippen LogP contribution >= 0.6 is 0 Å². The molecule has 8 nitrogen and oxygen atoms in total. The third kappa shape index (κ3) is 4.99. The van der Waals surface area contributed by atoms with Gasteiger partial charge in [-0.1, -0.05) is 18.2 Å². The van der Waals surface area contributed by atoms with Crippen LogP contribution in [0.2, 0.25) is 0 Å². The molecule has 11 heteroatoms. The van der Waals surface area contributed by atoms with Crippen molar-refractivity contribution in [1.29, 1.82) is 0 Å². The number of ether oxygens (including phenoxy) is 1. The van der Waals surface area contributed by atoms with Crippen molar-refractivity contribution in [3.05, 3.63) is 77.9 Å². The Labute approximate surface area is 210 Å². The number of aliphatic imine (C=N–C) groups is 1. The number of alkyl halides is 3. The lowest BCUT2D eigenvalue weighted by Gasteiger charge is -2.38. The first-order chi connectivity index (χ1) is 17.6. The third-order valence-electron chi connectivity index (χ3n) is 6.40. The van der Waals surface area contributed by atoms with E-state index in [4.69, 9.17) is 9.73 Å². The molecular formula is C26H24F3N5O3. The predicted molar refractivity (Wildman–Crippen MR) is 129 cm³/mol. The molecule has 0 aliphatic carbocycles. The summed E-state index contributed by atoms with van der Waals surface area (Å²) >= 11 is 0. The highest BCUT2D eigenvalue weighted by molar-refractivity contribution is 6.47. The molecule has 1 spiro atoms. The zero-order valence-electron chi connectivity index (χ0n) is 20.0. The first-order valence-corrected chi connectivity index (χ1v) is 11.7. The number of hydrogen-bond acceptors (Lipinski definition) is 5. The van der Waals surface area contributed by atoms with Crippen molar-refractivity contribution in [2.75, 3.05) is 25.1 Å². The fraction of sp³-hybridized carbons (Fsp3) is 0.308. The number of benzene rings is 2. The first kappa shape index (κ1) is 24.7. The van der Waals surface area contributed by atoms with Crippen LogP contribution in [0.5, 0.6) is 0 Å². The molecule has 1 saturated heterocycles. The number of amides is 2. The number of halogens is 3. The van der Waals surface area contributed by atoms with Gasteiger partial charge in [0.25, 0.3) is 5.91 Å². The molecule has 3 heterocycles. The van der Waals surface area contributed by atoms with E-state index in [9.17, 15) is 22.8 Å². The van der Waals surface area contributed by atoms with Crippen molar-refractivity contribution in [3.63, 3.8) is 0 Å². The minimum Gasteiger partial charge on any atom is -0.377 e. The van der Waals surface area contributed by atoms with Crippen LogP contribution in [0.3, 0.4) is 0 Å². The zero-order chi connectivity index (χ0) is 26.2. The van der Waals surface area contributed by atoms with E-state index in [1.165, 1.54) is 17.0 Å². The lowest BCUT2D eigenvalue weighted by Crippen LogP contribution is -2.54. The Kier molecular flexibility index (Phi) is 6.32. The number of imidazole rings is 1. The smallest absolute Gasteiger partial charge is 0.377 e. The van der Waals surface area contributed by atoms with Crippen LogP contribution in [0.4, 0.5) is 18.9 Å². The van der Waals surface area contributed by atoms with E-state index >= 15 is 0 Å². The number of aryl methyl sites for hydroxylation is 1. The van der Waals surface area contributed by atoms with Crippen LogP contribution in [-0.4, -0.2) is 57.4 Å². The van der Waals surface area contributed by atoms with E-state index in [2.05, 4.69) is 10.3 Å². The SMILES string of the molecule is Cc1cn(-c2ccc(C3=NC4(CCCOC4)N(CC(=O)Nc4cccc(C(F)(F)F)c4)C3=O)cc2)cn1. The summed E-state index contributed by atoms with van der Waals surface area (Å²) in [5, 5.41) is 2.47. The maximum atomic E-state index is 13.5. The standard InChI is InChI=1S/C26H24F3N5O3/c1-17-13-33(16-30-17)21-8-6-18(7-9-21)23-24(36)34(25(32-23)10-3-11-37-15-25)14-22(35)31-20-5-2-4-19(12-20)26(27,28)29/h2,4-9,12-13,16H,3,10-11,14-15H2,1H3,(H,31,35). The monoisotopic (exact) mass is 511 g/mol. The van der Waals surface area contributed by atoms with Gasteiger partial charge in [-0.3, -0.25) is 9.59 Å². The molecule has 3 aromatic rings. The molecule has 0 radical (unpaired) electrons. The van der Waals surface area contributed by atoms with Crippen molar-refractivity contribution in [2.24, 2.45) is 4.99 Å². The van der Waals surface area contributed by atoms with Gasteiger partial charge in [-0.25, -0.2) is 9.98 Å².